The Bertz CT molecular complexity index is 1040. The molecule has 1 aliphatic heterocycles. The van der Waals surface area contributed by atoms with Gasteiger partial charge in [0.25, 0.3) is 11.8 Å². The highest BCUT2D eigenvalue weighted by Crippen LogP contribution is 2.22. The van der Waals surface area contributed by atoms with Crippen molar-refractivity contribution in [2.75, 3.05) is 13.2 Å². The predicted molar refractivity (Wildman–Crippen MR) is 97.5 cm³/mol. The molecule has 0 fully saturated rings. The van der Waals surface area contributed by atoms with Gasteiger partial charge in [-0.2, -0.15) is 0 Å². The van der Waals surface area contributed by atoms with E-state index in [1.54, 1.807) is 6.92 Å². The molecule has 0 bridgehead atoms. The number of halogens is 2. The number of amides is 2. The average molecular weight is 407 g/mol. The van der Waals surface area contributed by atoms with E-state index in [-0.39, 0.29) is 37.5 Å². The summed E-state index contributed by atoms with van der Waals surface area (Å²) in [4.78, 5) is 38.7. The number of hydrogen-bond donors (Lipinski definition) is 3. The van der Waals surface area contributed by atoms with Crippen LogP contribution in [-0.2, 0) is 13.1 Å². The van der Waals surface area contributed by atoms with E-state index in [9.17, 15) is 33.4 Å². The molecule has 1 unspecified atom stereocenters. The first kappa shape index (κ1) is 20.5. The number of aliphatic hydroxyl groups is 1. The summed E-state index contributed by atoms with van der Waals surface area (Å²) in [5.41, 5.74) is -1.70. The molecule has 3 N–H and O–H groups in total. The number of aliphatic hydroxyl groups excluding tert-OH is 1. The van der Waals surface area contributed by atoms with Crippen molar-refractivity contribution < 1.29 is 28.6 Å². The van der Waals surface area contributed by atoms with Gasteiger partial charge in [-0.1, -0.05) is 6.07 Å². The molecule has 154 valence electrons. The zero-order chi connectivity index (χ0) is 21.3. The smallest absolute Gasteiger partial charge is 0.274 e. The Morgan fingerprint density at radius 1 is 1.28 bits per heavy atom. The van der Waals surface area contributed by atoms with Gasteiger partial charge in [0.1, 0.15) is 17.2 Å². The third-order valence-corrected chi connectivity index (χ3v) is 4.80. The average Bonchev–Trinajstić information content (AvgIpc) is 2.69. The van der Waals surface area contributed by atoms with Gasteiger partial charge in [-0.05, 0) is 13.0 Å². The van der Waals surface area contributed by atoms with E-state index in [1.165, 1.54) is 9.47 Å². The van der Waals surface area contributed by atoms with Gasteiger partial charge in [0.05, 0.1) is 12.6 Å². The number of carbonyl (C=O) groups is 2. The summed E-state index contributed by atoms with van der Waals surface area (Å²) in [7, 11) is 0. The van der Waals surface area contributed by atoms with Crippen LogP contribution in [0.15, 0.2) is 29.2 Å². The fourth-order valence-corrected chi connectivity index (χ4v) is 3.12. The molecule has 1 aromatic heterocycles. The first-order valence-electron chi connectivity index (χ1n) is 8.85. The van der Waals surface area contributed by atoms with Crippen molar-refractivity contribution in [2.24, 2.45) is 0 Å². The standard InChI is InChI=1S/C19H19F2N3O5/c1-10(9-25)24-5-4-23-8-13(16(26)17(27)15(23)19(24)29)18(28)22-7-11-2-3-12(20)6-14(11)21/h2-3,6,8,10,25,27H,4-5,7,9H2,1H3,(H,22,28). The Labute approximate surface area is 164 Å². The molecule has 1 aromatic carbocycles. The zero-order valence-electron chi connectivity index (χ0n) is 15.5. The lowest BCUT2D eigenvalue weighted by molar-refractivity contribution is 0.0547. The number of hydrogen-bond acceptors (Lipinski definition) is 5. The van der Waals surface area contributed by atoms with Crippen molar-refractivity contribution in [2.45, 2.75) is 26.1 Å². The van der Waals surface area contributed by atoms with Crippen LogP contribution in [-0.4, -0.2) is 50.7 Å². The van der Waals surface area contributed by atoms with Crippen LogP contribution in [0.2, 0.25) is 0 Å². The number of rotatable bonds is 5. The maximum atomic E-state index is 13.7. The number of nitrogens with zero attached hydrogens (tertiary/aromatic N) is 2. The monoisotopic (exact) mass is 407 g/mol. The van der Waals surface area contributed by atoms with Crippen molar-refractivity contribution in [3.63, 3.8) is 0 Å². The van der Waals surface area contributed by atoms with Crippen molar-refractivity contribution in [3.8, 4) is 5.75 Å². The fraction of sp³-hybridized carbons (Fsp3) is 0.316. The van der Waals surface area contributed by atoms with Crippen LogP contribution in [0.1, 0.15) is 33.3 Å². The van der Waals surface area contributed by atoms with E-state index in [0.717, 1.165) is 18.3 Å². The number of fused-ring (bicyclic) bond motifs is 1. The molecule has 8 nitrogen and oxygen atoms in total. The highest BCUT2D eigenvalue weighted by molar-refractivity contribution is 5.99. The molecule has 0 spiro atoms. The molecule has 2 heterocycles. The molecular formula is C19H19F2N3O5. The number of aromatic nitrogens is 1. The van der Waals surface area contributed by atoms with Crippen LogP contribution in [0.5, 0.6) is 5.75 Å². The quantitative estimate of drug-likeness (QED) is 0.672. The Morgan fingerprint density at radius 2 is 2.00 bits per heavy atom. The van der Waals surface area contributed by atoms with Crippen molar-refractivity contribution in [3.05, 3.63) is 63.1 Å². The molecule has 0 radical (unpaired) electrons. The lowest BCUT2D eigenvalue weighted by Gasteiger charge is -2.34. The molecule has 0 aliphatic carbocycles. The lowest BCUT2D eigenvalue weighted by Crippen LogP contribution is -2.48. The summed E-state index contributed by atoms with van der Waals surface area (Å²) in [5.74, 6) is -3.98. The highest BCUT2D eigenvalue weighted by atomic mass is 19.1. The number of aromatic hydroxyl groups is 1. The van der Waals surface area contributed by atoms with Gasteiger partial charge in [0.15, 0.2) is 11.4 Å². The molecule has 0 saturated heterocycles. The molecule has 1 atom stereocenters. The first-order valence-corrected chi connectivity index (χ1v) is 8.85. The molecule has 3 rings (SSSR count). The SMILES string of the molecule is CC(CO)N1CCn2cc(C(=O)NCc3ccc(F)cc3F)c(=O)c(O)c2C1=O. The Morgan fingerprint density at radius 3 is 2.66 bits per heavy atom. The van der Waals surface area contributed by atoms with E-state index < -0.39 is 46.2 Å². The van der Waals surface area contributed by atoms with Crippen LogP contribution >= 0.6 is 0 Å². The molecule has 2 aromatic rings. The van der Waals surface area contributed by atoms with E-state index in [1.807, 2.05) is 0 Å². The van der Waals surface area contributed by atoms with Crippen molar-refractivity contribution >= 4 is 11.8 Å². The minimum Gasteiger partial charge on any atom is -0.503 e. The summed E-state index contributed by atoms with van der Waals surface area (Å²) >= 11 is 0. The number of pyridine rings is 1. The predicted octanol–water partition coefficient (Wildman–Crippen LogP) is 0.599. The van der Waals surface area contributed by atoms with Gasteiger partial charge in [0, 0.05) is 37.5 Å². The fourth-order valence-electron chi connectivity index (χ4n) is 3.12. The number of benzene rings is 1. The maximum absolute atomic E-state index is 13.7. The third-order valence-electron chi connectivity index (χ3n) is 4.80. The van der Waals surface area contributed by atoms with Crippen molar-refractivity contribution in [1.82, 2.24) is 14.8 Å². The summed E-state index contributed by atoms with van der Waals surface area (Å²) in [6.45, 7) is 1.47. The zero-order valence-corrected chi connectivity index (χ0v) is 15.5. The largest absolute Gasteiger partial charge is 0.503 e. The van der Waals surface area contributed by atoms with E-state index >= 15 is 0 Å². The summed E-state index contributed by atoms with van der Waals surface area (Å²) in [6.07, 6.45) is 1.16. The van der Waals surface area contributed by atoms with Crippen LogP contribution in [0.4, 0.5) is 8.78 Å². The second-order valence-electron chi connectivity index (χ2n) is 6.71. The summed E-state index contributed by atoms with van der Waals surface area (Å²) in [6, 6.07) is 2.37. The minimum atomic E-state index is -1.04. The first-order chi connectivity index (χ1) is 13.7. The maximum Gasteiger partial charge on any atom is 0.274 e. The van der Waals surface area contributed by atoms with Crippen LogP contribution in [0.3, 0.4) is 0 Å². The second kappa shape index (κ2) is 8.00. The Balaban J connectivity index is 1.86. The normalized spacial score (nSPS) is 14.5. The highest BCUT2D eigenvalue weighted by Gasteiger charge is 2.32. The molecule has 0 saturated carbocycles. The lowest BCUT2D eigenvalue weighted by atomic mass is 10.1. The summed E-state index contributed by atoms with van der Waals surface area (Å²) < 4.78 is 27.9. The number of carbonyl (C=O) groups excluding carboxylic acids is 2. The Hall–Kier alpha value is -3.27. The van der Waals surface area contributed by atoms with Crippen molar-refractivity contribution in [1.29, 1.82) is 0 Å². The molecular weight excluding hydrogens is 388 g/mol. The number of nitrogens with one attached hydrogen (secondary N) is 1. The van der Waals surface area contributed by atoms with Gasteiger partial charge in [-0.3, -0.25) is 14.4 Å². The van der Waals surface area contributed by atoms with Gasteiger partial charge in [0.2, 0.25) is 5.43 Å². The van der Waals surface area contributed by atoms with Gasteiger partial charge in [-0.25, -0.2) is 8.78 Å². The topological polar surface area (TPSA) is 112 Å². The minimum absolute atomic E-state index is 0.0193. The second-order valence-corrected chi connectivity index (χ2v) is 6.71. The molecule has 2 amide bonds. The van der Waals surface area contributed by atoms with E-state index in [0.29, 0.717) is 6.07 Å². The van der Waals surface area contributed by atoms with Gasteiger partial charge >= 0.3 is 0 Å². The molecule has 10 heteroatoms. The molecule has 1 aliphatic rings. The van der Waals surface area contributed by atoms with Crippen LogP contribution in [0.25, 0.3) is 0 Å². The van der Waals surface area contributed by atoms with E-state index in [4.69, 9.17) is 0 Å². The van der Waals surface area contributed by atoms with Gasteiger partial charge in [-0.15, -0.1) is 0 Å². The third kappa shape index (κ3) is 3.83. The van der Waals surface area contributed by atoms with Crippen LogP contribution in [0, 0.1) is 11.6 Å². The van der Waals surface area contributed by atoms with Gasteiger partial charge < -0.3 is 25.0 Å². The summed E-state index contributed by atoms with van der Waals surface area (Å²) in [5, 5.41) is 21.9. The van der Waals surface area contributed by atoms with Crippen LogP contribution < -0.4 is 10.7 Å². The molecule has 29 heavy (non-hydrogen) atoms. The Kier molecular flexibility index (Phi) is 5.64. The van der Waals surface area contributed by atoms with E-state index in [2.05, 4.69) is 5.32 Å².